The Bertz CT molecular complexity index is 1520. The third-order valence-electron chi connectivity index (χ3n) is 10.5. The second-order valence-corrected chi connectivity index (χ2v) is 17.4. The Balaban J connectivity index is 1.59. The molecule has 306 valence electrons. The van der Waals surface area contributed by atoms with Crippen LogP contribution in [0.4, 0.5) is 4.79 Å². The van der Waals surface area contributed by atoms with Crippen molar-refractivity contribution in [1.29, 1.82) is 0 Å². The van der Waals surface area contributed by atoms with Crippen molar-refractivity contribution in [2.45, 2.75) is 148 Å². The number of aromatic nitrogens is 2. The Labute approximate surface area is 324 Å². The van der Waals surface area contributed by atoms with Gasteiger partial charge in [0.1, 0.15) is 23.4 Å². The van der Waals surface area contributed by atoms with Crippen LogP contribution in [-0.4, -0.2) is 123 Å². The molecular weight excluding hydrogens is 708 g/mol. The van der Waals surface area contributed by atoms with Crippen molar-refractivity contribution in [3.63, 3.8) is 0 Å². The van der Waals surface area contributed by atoms with Crippen molar-refractivity contribution >= 4 is 35.6 Å². The number of hydrogen-bond donors (Lipinski definition) is 5. The van der Waals surface area contributed by atoms with E-state index in [4.69, 9.17) is 4.74 Å². The fourth-order valence-corrected chi connectivity index (χ4v) is 7.26. The van der Waals surface area contributed by atoms with E-state index in [0.717, 1.165) is 44.9 Å². The third kappa shape index (κ3) is 12.1. The number of hydrogen-bond acceptors (Lipinski definition) is 10. The molecule has 5 N–H and O–H groups in total. The highest BCUT2D eigenvalue weighted by Crippen LogP contribution is 2.30. The van der Waals surface area contributed by atoms with Crippen LogP contribution in [0.1, 0.15) is 117 Å². The molecule has 0 bridgehead atoms. The molecule has 1 aromatic rings. The van der Waals surface area contributed by atoms with Gasteiger partial charge in [0.25, 0.3) is 11.8 Å². The average molecular weight is 771 g/mol. The normalized spacial score (nSPS) is 21.4. The van der Waals surface area contributed by atoms with E-state index in [-0.39, 0.29) is 30.7 Å². The van der Waals surface area contributed by atoms with Crippen molar-refractivity contribution in [3.8, 4) is 0 Å². The van der Waals surface area contributed by atoms with Gasteiger partial charge in [0.2, 0.25) is 17.7 Å². The Morgan fingerprint density at radius 2 is 1.60 bits per heavy atom. The van der Waals surface area contributed by atoms with Gasteiger partial charge in [0, 0.05) is 38.6 Å². The number of amides is 6. The SMILES string of the molecule is CCC[C@H](NC(=O)[C@@H]1CN(C(=O)OC(C)(C)C)C[C@@H]1N(C)C(=O)[C@@H](NC(=O)[C@@H](NC(=O)c1cnccn1)C1CCCCC1)C(C)(C)C)C(O)C(=O)NC1CC1. The Morgan fingerprint density at radius 3 is 2.16 bits per heavy atom. The largest absolute Gasteiger partial charge is 0.444 e. The van der Waals surface area contributed by atoms with Gasteiger partial charge in [-0.2, -0.15) is 0 Å². The third-order valence-corrected chi connectivity index (χ3v) is 10.5. The summed E-state index contributed by atoms with van der Waals surface area (Å²) in [5, 5.41) is 22.4. The number of aliphatic hydroxyl groups excluding tert-OH is 1. The molecule has 0 spiro atoms. The molecule has 6 atom stereocenters. The average Bonchev–Trinajstić information content (AvgIpc) is 3.83. The van der Waals surface area contributed by atoms with Crippen molar-refractivity contribution in [2.75, 3.05) is 20.1 Å². The summed E-state index contributed by atoms with van der Waals surface area (Å²) in [7, 11) is 1.53. The molecular formula is C39H62N8O8. The maximum Gasteiger partial charge on any atom is 0.410 e. The van der Waals surface area contributed by atoms with Crippen LogP contribution in [-0.2, 0) is 23.9 Å². The number of aliphatic hydroxyl groups is 1. The van der Waals surface area contributed by atoms with E-state index in [1.807, 2.05) is 27.7 Å². The Morgan fingerprint density at radius 1 is 0.927 bits per heavy atom. The van der Waals surface area contributed by atoms with E-state index in [0.29, 0.717) is 12.8 Å². The summed E-state index contributed by atoms with van der Waals surface area (Å²) in [6.07, 6.45) is 8.87. The molecule has 4 rings (SSSR count). The number of nitrogens with one attached hydrogen (secondary N) is 4. The van der Waals surface area contributed by atoms with Crippen LogP contribution in [0.5, 0.6) is 0 Å². The lowest BCUT2D eigenvalue weighted by Crippen LogP contribution is -2.61. The first-order valence-corrected chi connectivity index (χ1v) is 19.7. The maximum absolute atomic E-state index is 14.6. The maximum atomic E-state index is 14.6. The summed E-state index contributed by atoms with van der Waals surface area (Å²) in [6.45, 7) is 12.4. The van der Waals surface area contributed by atoms with Crippen LogP contribution in [0, 0.1) is 17.3 Å². The molecule has 1 aromatic heterocycles. The van der Waals surface area contributed by atoms with E-state index in [1.54, 1.807) is 20.8 Å². The molecule has 1 aliphatic heterocycles. The molecule has 55 heavy (non-hydrogen) atoms. The first kappa shape index (κ1) is 43.4. The van der Waals surface area contributed by atoms with Gasteiger partial charge in [0.15, 0.2) is 6.10 Å². The predicted molar refractivity (Wildman–Crippen MR) is 203 cm³/mol. The zero-order chi connectivity index (χ0) is 40.7. The highest BCUT2D eigenvalue weighted by Gasteiger charge is 2.48. The summed E-state index contributed by atoms with van der Waals surface area (Å²) in [6, 6.07) is -3.77. The first-order chi connectivity index (χ1) is 25.8. The van der Waals surface area contributed by atoms with E-state index in [2.05, 4.69) is 31.2 Å². The van der Waals surface area contributed by atoms with E-state index in [9.17, 15) is 33.9 Å². The zero-order valence-corrected chi connectivity index (χ0v) is 33.7. The molecule has 3 aliphatic rings. The summed E-state index contributed by atoms with van der Waals surface area (Å²) in [5.74, 6) is -3.77. The predicted octanol–water partition coefficient (Wildman–Crippen LogP) is 2.30. The minimum absolute atomic E-state index is 0.0185. The Kier molecular flexibility index (Phi) is 14.6. The highest BCUT2D eigenvalue weighted by atomic mass is 16.6. The lowest BCUT2D eigenvalue weighted by atomic mass is 9.82. The monoisotopic (exact) mass is 770 g/mol. The molecule has 6 amide bonds. The number of likely N-dealkylation sites (tertiary alicyclic amines) is 1. The van der Waals surface area contributed by atoms with Crippen molar-refractivity contribution in [1.82, 2.24) is 41.0 Å². The Hall–Kier alpha value is -4.34. The van der Waals surface area contributed by atoms with Crippen LogP contribution in [0.25, 0.3) is 0 Å². The molecule has 0 aromatic carbocycles. The van der Waals surface area contributed by atoms with Crippen LogP contribution in [0.3, 0.4) is 0 Å². The summed E-state index contributed by atoms with van der Waals surface area (Å²) in [5.41, 5.74) is -1.57. The molecule has 3 fully saturated rings. The molecule has 2 aliphatic carbocycles. The van der Waals surface area contributed by atoms with Crippen molar-refractivity contribution in [3.05, 3.63) is 24.3 Å². The number of likely N-dealkylation sites (N-methyl/N-ethyl adjacent to an activating group) is 1. The van der Waals surface area contributed by atoms with E-state index >= 15 is 0 Å². The van der Waals surface area contributed by atoms with Crippen molar-refractivity contribution in [2.24, 2.45) is 17.3 Å². The second-order valence-electron chi connectivity index (χ2n) is 17.4. The quantitative estimate of drug-likeness (QED) is 0.186. The molecule has 1 unspecified atom stereocenters. The van der Waals surface area contributed by atoms with E-state index in [1.165, 1.54) is 35.4 Å². The lowest BCUT2D eigenvalue weighted by Gasteiger charge is -2.38. The van der Waals surface area contributed by atoms with Gasteiger partial charge in [-0.05, 0) is 64.2 Å². The van der Waals surface area contributed by atoms with E-state index < -0.39 is 82.8 Å². The standard InChI is InChI=1S/C39H62N8O8/c1-9-13-26(30(48)35(52)42-24-16-17-24)43-32(49)25-21-47(37(54)55-39(5,6)7)22-28(25)46(8)36(53)31(38(2,3)4)45-34(51)29(23-14-11-10-12-15-23)44-33(50)27-20-40-18-19-41-27/h18-20,23-26,28-31,48H,9-17,21-22H2,1-8H3,(H,42,52)(H,43,49)(H,44,50)(H,45,51)/t25-,26+,28+,29+,30?,31-/m1/s1. The molecule has 2 heterocycles. The second kappa shape index (κ2) is 18.5. The number of nitrogens with zero attached hydrogens (tertiary/aromatic N) is 4. The number of carbonyl (C=O) groups excluding carboxylic acids is 6. The van der Waals surface area contributed by atoms with Crippen molar-refractivity contribution < 1.29 is 38.6 Å². The van der Waals surface area contributed by atoms with Gasteiger partial charge in [-0.15, -0.1) is 0 Å². The van der Waals surface area contributed by atoms with Crippen LogP contribution < -0.4 is 21.3 Å². The summed E-state index contributed by atoms with van der Waals surface area (Å²) < 4.78 is 5.63. The van der Waals surface area contributed by atoms with Gasteiger partial charge < -0.3 is 40.9 Å². The molecule has 0 radical (unpaired) electrons. The smallest absolute Gasteiger partial charge is 0.410 e. The fraction of sp³-hybridized carbons (Fsp3) is 0.744. The van der Waals surface area contributed by atoms with Gasteiger partial charge in [-0.25, -0.2) is 9.78 Å². The zero-order valence-electron chi connectivity index (χ0n) is 33.7. The number of carbonyl (C=O) groups is 6. The lowest BCUT2D eigenvalue weighted by molar-refractivity contribution is -0.142. The molecule has 2 saturated carbocycles. The van der Waals surface area contributed by atoms with Gasteiger partial charge >= 0.3 is 6.09 Å². The van der Waals surface area contributed by atoms with Gasteiger partial charge in [0.05, 0.1) is 24.2 Å². The summed E-state index contributed by atoms with van der Waals surface area (Å²) in [4.78, 5) is 93.1. The first-order valence-electron chi connectivity index (χ1n) is 19.7. The highest BCUT2D eigenvalue weighted by molar-refractivity contribution is 5.97. The number of rotatable bonds is 14. The molecule has 16 nitrogen and oxygen atoms in total. The van der Waals surface area contributed by atoms with Gasteiger partial charge in [-0.1, -0.05) is 53.4 Å². The topological polar surface area (TPSA) is 212 Å². The van der Waals surface area contributed by atoms with Crippen LogP contribution >= 0.6 is 0 Å². The summed E-state index contributed by atoms with van der Waals surface area (Å²) >= 11 is 0. The van der Waals surface area contributed by atoms with Crippen LogP contribution in [0.15, 0.2) is 18.6 Å². The molecule has 16 heteroatoms. The van der Waals surface area contributed by atoms with Crippen LogP contribution in [0.2, 0.25) is 0 Å². The van der Waals surface area contributed by atoms with Gasteiger partial charge in [-0.3, -0.25) is 29.0 Å². The fourth-order valence-electron chi connectivity index (χ4n) is 7.26. The minimum atomic E-state index is -1.49. The molecule has 1 saturated heterocycles. The minimum Gasteiger partial charge on any atom is -0.444 e. The number of ether oxygens (including phenoxy) is 1.